The first-order valence-electron chi connectivity index (χ1n) is 23.7. The van der Waals surface area contributed by atoms with Gasteiger partial charge in [0.05, 0.1) is 29.0 Å². The van der Waals surface area contributed by atoms with Crippen molar-refractivity contribution in [2.75, 3.05) is 13.1 Å². The van der Waals surface area contributed by atoms with Crippen molar-refractivity contribution in [2.45, 2.75) is 141 Å². The van der Waals surface area contributed by atoms with Gasteiger partial charge >= 0.3 is 12.2 Å². The molecule has 0 radical (unpaired) electrons. The summed E-state index contributed by atoms with van der Waals surface area (Å²) in [6.07, 6.45) is 11.2. The molecule has 4 aliphatic carbocycles. The van der Waals surface area contributed by atoms with Crippen LogP contribution in [0.5, 0.6) is 0 Å². The number of aromatic amines is 2. The van der Waals surface area contributed by atoms with Crippen LogP contribution in [-0.2, 0) is 24.8 Å². The van der Waals surface area contributed by atoms with E-state index < -0.39 is 30.0 Å². The second-order valence-corrected chi connectivity index (χ2v) is 20.6. The number of rotatable bonds is 11. The first-order chi connectivity index (χ1) is 31.2. The number of aromatic nitrogens is 4. The van der Waals surface area contributed by atoms with Crippen molar-refractivity contribution in [2.24, 2.45) is 22.7 Å². The Morgan fingerprint density at radius 1 is 0.785 bits per heavy atom. The van der Waals surface area contributed by atoms with E-state index in [0.717, 1.165) is 98.8 Å². The number of nitrogens with zero attached hydrogens (tertiary/aromatic N) is 4. The maximum atomic E-state index is 14.2. The third-order valence-electron chi connectivity index (χ3n) is 14.9. The van der Waals surface area contributed by atoms with Gasteiger partial charge in [-0.2, -0.15) is 0 Å². The van der Waals surface area contributed by atoms with Gasteiger partial charge in [-0.3, -0.25) is 9.59 Å². The van der Waals surface area contributed by atoms with Crippen molar-refractivity contribution >= 4 is 35.0 Å². The largest absolute Gasteiger partial charge is 0.446 e. The van der Waals surface area contributed by atoms with Crippen molar-refractivity contribution in [1.82, 2.24) is 40.4 Å². The predicted molar refractivity (Wildman–Crippen MR) is 240 cm³/mol. The number of aliphatic hydroxyl groups is 1. The van der Waals surface area contributed by atoms with Gasteiger partial charge in [-0.25, -0.2) is 19.6 Å². The number of benzene rings is 2. The second-order valence-electron chi connectivity index (χ2n) is 20.6. The highest BCUT2D eigenvalue weighted by molar-refractivity contribution is 5.88. The Morgan fingerprint density at radius 2 is 1.38 bits per heavy atom. The van der Waals surface area contributed by atoms with Gasteiger partial charge in [0.2, 0.25) is 17.5 Å². The summed E-state index contributed by atoms with van der Waals surface area (Å²) in [5, 5.41) is 18.0. The molecule has 2 aromatic carbocycles. The van der Waals surface area contributed by atoms with Crippen LogP contribution in [0.2, 0.25) is 0 Å². The molecular formula is C50H60N8O7. The smallest absolute Gasteiger partial charge is 0.408 e. The first-order valence-corrected chi connectivity index (χ1v) is 23.7. The van der Waals surface area contributed by atoms with Crippen molar-refractivity contribution in [1.29, 1.82) is 0 Å². The van der Waals surface area contributed by atoms with Crippen LogP contribution in [0.3, 0.4) is 0 Å². The maximum Gasteiger partial charge on any atom is 0.408 e. The third kappa shape index (κ3) is 8.57. The van der Waals surface area contributed by atoms with Gasteiger partial charge in [0.25, 0.3) is 0 Å². The Morgan fingerprint density at radius 3 is 1.97 bits per heavy atom. The van der Waals surface area contributed by atoms with Gasteiger partial charge in [-0.1, -0.05) is 51.7 Å². The fourth-order valence-corrected chi connectivity index (χ4v) is 9.98. The highest BCUT2D eigenvalue weighted by Gasteiger charge is 2.62. The lowest BCUT2D eigenvalue weighted by Crippen LogP contribution is -2.56. The number of imidazole rings is 2. The highest BCUT2D eigenvalue weighted by Crippen LogP contribution is 2.60. The fraction of sp³-hybridized carbons (Fsp3) is 0.560. The molecule has 4 aromatic rings. The van der Waals surface area contributed by atoms with Crippen LogP contribution in [0, 0.1) is 34.5 Å². The Bertz CT molecular complexity index is 2560. The molecule has 4 atom stereocenters. The van der Waals surface area contributed by atoms with Crippen LogP contribution in [-0.4, -0.2) is 96.2 Å². The van der Waals surface area contributed by atoms with Crippen LogP contribution in [0.1, 0.15) is 134 Å². The van der Waals surface area contributed by atoms with E-state index in [1.807, 2.05) is 81.3 Å². The van der Waals surface area contributed by atoms with E-state index in [9.17, 15) is 24.3 Å². The molecule has 0 bridgehead atoms. The van der Waals surface area contributed by atoms with Gasteiger partial charge in [0, 0.05) is 30.6 Å². The summed E-state index contributed by atoms with van der Waals surface area (Å²) >= 11 is 0. The molecule has 0 unspecified atom stereocenters. The zero-order valence-corrected chi connectivity index (χ0v) is 37.7. The van der Waals surface area contributed by atoms with Crippen LogP contribution in [0.15, 0.2) is 48.7 Å². The van der Waals surface area contributed by atoms with E-state index in [2.05, 4.69) is 32.4 Å². The number of likely N-dealkylation sites (tertiary alicyclic amines) is 2. The molecule has 2 aromatic heterocycles. The average Bonchev–Trinajstić information content (AvgIpc) is 3.89. The number of fused-ring (bicyclic) bond motifs is 1. The summed E-state index contributed by atoms with van der Waals surface area (Å²) in [7, 11) is 0. The van der Waals surface area contributed by atoms with Crippen LogP contribution in [0.25, 0.3) is 22.3 Å². The standard InChI is InChI=1S/C50H60N8O7/c1-29(2)40(55-46(61)64-34-7-5-8-34)43(59)57-27-48(19-20-48)24-39(57)42-51-25-38(52-42)33-16-13-31(14-17-33)11-12-32-15-18-36-37(23-32)54-45(53-36)50(63)26-49(21-22-49)28-58(50)44(60)41(30(3)4)56-47(62)65-35-9-6-10-35/h13-18,23,25,29-30,34-35,39-41,63H,5-10,19-22,24,26-28H2,1-4H3,(H,51,52)(H,53,54)(H,55,61)(H,56,62)/t39-,40-,41-,50-/m0/s1. The summed E-state index contributed by atoms with van der Waals surface area (Å²) in [6, 6.07) is 11.8. The van der Waals surface area contributed by atoms with Gasteiger partial charge in [0.15, 0.2) is 5.82 Å². The van der Waals surface area contributed by atoms with E-state index in [4.69, 9.17) is 19.4 Å². The Labute approximate surface area is 379 Å². The van der Waals surface area contributed by atoms with E-state index in [-0.39, 0.29) is 52.7 Å². The predicted octanol–water partition coefficient (Wildman–Crippen LogP) is 7.17. The number of carbonyl (C=O) groups is 4. The molecule has 4 heterocycles. The normalized spacial score (nSPS) is 23.8. The number of carbonyl (C=O) groups excluding carboxylic acids is 4. The van der Waals surface area contributed by atoms with Crippen LogP contribution < -0.4 is 10.6 Å². The van der Waals surface area contributed by atoms with Crippen molar-refractivity contribution in [3.05, 3.63) is 71.4 Å². The Kier molecular flexibility index (Phi) is 10.9. The number of H-pyrrole nitrogens is 2. The lowest BCUT2D eigenvalue weighted by Gasteiger charge is -2.35. The summed E-state index contributed by atoms with van der Waals surface area (Å²) in [4.78, 5) is 73.6. The minimum Gasteiger partial charge on any atom is -0.446 e. The molecule has 10 rings (SSSR count). The molecule has 2 aliphatic heterocycles. The molecule has 4 amide bonds. The monoisotopic (exact) mass is 884 g/mol. The number of hydrogen-bond donors (Lipinski definition) is 5. The minimum atomic E-state index is -1.67. The molecule has 2 spiro atoms. The zero-order valence-electron chi connectivity index (χ0n) is 37.7. The lowest BCUT2D eigenvalue weighted by molar-refractivity contribution is -0.159. The average molecular weight is 885 g/mol. The quantitative estimate of drug-likeness (QED) is 0.0971. The number of ether oxygens (including phenoxy) is 2. The maximum absolute atomic E-state index is 14.2. The number of nitrogens with one attached hydrogen (secondary N) is 4. The van der Waals surface area contributed by atoms with Crippen molar-refractivity contribution < 1.29 is 33.8 Å². The second kappa shape index (κ2) is 16.5. The van der Waals surface area contributed by atoms with Crippen LogP contribution in [0.4, 0.5) is 9.59 Å². The SMILES string of the molecule is CC(C)[C@H](NC(=O)OC1CCC1)C(=O)N1CC2(CC2)C[C@H]1c1ncc(-c2ccc(C#Cc3ccc4nc([C@@]5(O)CC6(CC6)CN5C(=O)[C@@H](NC(=O)OC5CCC5)C(C)C)[nH]c4c3)cc2)[nH]1. The first kappa shape index (κ1) is 43.0. The highest BCUT2D eigenvalue weighted by atomic mass is 16.6. The molecule has 4 saturated carbocycles. The minimum absolute atomic E-state index is 0.0620. The number of hydrogen-bond acceptors (Lipinski definition) is 9. The molecular weight excluding hydrogens is 825 g/mol. The summed E-state index contributed by atoms with van der Waals surface area (Å²) < 4.78 is 11.1. The topological polar surface area (TPSA) is 195 Å². The fourth-order valence-electron chi connectivity index (χ4n) is 9.98. The summed E-state index contributed by atoms with van der Waals surface area (Å²) in [6.45, 7) is 8.68. The molecule has 15 nitrogen and oxygen atoms in total. The number of alkyl carbamates (subject to hydrolysis) is 2. The zero-order chi connectivity index (χ0) is 45.3. The Hall–Kier alpha value is -5.88. The van der Waals surface area contributed by atoms with Crippen molar-refractivity contribution in [3.63, 3.8) is 0 Å². The molecule has 342 valence electrons. The van der Waals surface area contributed by atoms with E-state index >= 15 is 0 Å². The molecule has 5 N–H and O–H groups in total. The molecule has 6 fully saturated rings. The summed E-state index contributed by atoms with van der Waals surface area (Å²) in [5.41, 5.74) is 2.94. The molecule has 2 saturated heterocycles. The van der Waals surface area contributed by atoms with E-state index in [0.29, 0.717) is 36.4 Å². The van der Waals surface area contributed by atoms with Gasteiger partial charge < -0.3 is 45.0 Å². The third-order valence-corrected chi connectivity index (χ3v) is 14.9. The summed E-state index contributed by atoms with van der Waals surface area (Å²) in [5.74, 6) is 6.77. The lowest BCUT2D eigenvalue weighted by atomic mass is 9.96. The van der Waals surface area contributed by atoms with Crippen molar-refractivity contribution in [3.8, 4) is 23.1 Å². The van der Waals surface area contributed by atoms with Gasteiger partial charge in [-0.05, 0) is 129 Å². The van der Waals surface area contributed by atoms with E-state index in [1.165, 1.54) is 4.90 Å². The molecule has 6 aliphatic rings. The van der Waals surface area contributed by atoms with Gasteiger partial charge in [0.1, 0.15) is 30.1 Å². The molecule has 65 heavy (non-hydrogen) atoms. The van der Waals surface area contributed by atoms with E-state index in [1.54, 1.807) is 0 Å². The van der Waals surface area contributed by atoms with Gasteiger partial charge in [-0.15, -0.1) is 0 Å². The Balaban J connectivity index is 0.815. The number of amides is 4. The van der Waals surface area contributed by atoms with Crippen LogP contribution >= 0.6 is 0 Å². The molecule has 15 heteroatoms.